The number of hydrogen-bond acceptors (Lipinski definition) is 4. The Hall–Kier alpha value is -3.42. The molecule has 2 aromatic carbocycles. The highest BCUT2D eigenvalue weighted by atomic mass is 19.1. The Kier molecular flexibility index (Phi) is 5.58. The van der Waals surface area contributed by atoms with Gasteiger partial charge in [-0.25, -0.2) is 4.39 Å². The summed E-state index contributed by atoms with van der Waals surface area (Å²) in [6, 6.07) is 11.7. The molecule has 1 fully saturated rings. The first kappa shape index (κ1) is 19.3. The lowest BCUT2D eigenvalue weighted by Gasteiger charge is -2.25. The number of benzene rings is 2. The lowest BCUT2D eigenvalue weighted by Crippen LogP contribution is -2.43. The van der Waals surface area contributed by atoms with E-state index in [1.54, 1.807) is 36.4 Å². The second kappa shape index (κ2) is 8.08. The molecule has 1 heterocycles. The Balaban J connectivity index is 1.79. The zero-order valence-electron chi connectivity index (χ0n) is 15.3. The number of hydrogen-bond donors (Lipinski definition) is 1. The van der Waals surface area contributed by atoms with Crippen LogP contribution in [0.2, 0.25) is 0 Å². The molecule has 0 spiro atoms. The van der Waals surface area contributed by atoms with Gasteiger partial charge in [0.2, 0.25) is 5.91 Å². The maximum atomic E-state index is 14.0. The van der Waals surface area contributed by atoms with Crippen molar-refractivity contribution in [3.63, 3.8) is 0 Å². The standard InChI is InChI=1S/C20H20FN3O4/c1-23(19(26)13-6-2-5-9-17(13)28-12-18(22)25)16-10-11-24(20(16)27)15-8-4-3-7-14(15)21/h2-9,16H,10-12H2,1H3,(H2,22,25). The van der Waals surface area contributed by atoms with Crippen LogP contribution in [-0.4, -0.2) is 48.9 Å². The molecule has 0 saturated carbocycles. The van der Waals surface area contributed by atoms with Gasteiger partial charge in [-0.1, -0.05) is 24.3 Å². The summed E-state index contributed by atoms with van der Waals surface area (Å²) >= 11 is 0. The van der Waals surface area contributed by atoms with Crippen LogP contribution in [0.5, 0.6) is 5.75 Å². The maximum absolute atomic E-state index is 14.0. The number of carbonyl (C=O) groups is 3. The first-order chi connectivity index (χ1) is 13.4. The Morgan fingerprint density at radius 3 is 2.61 bits per heavy atom. The van der Waals surface area contributed by atoms with E-state index in [0.717, 1.165) is 0 Å². The molecule has 2 N–H and O–H groups in total. The minimum atomic E-state index is -0.726. The van der Waals surface area contributed by atoms with Gasteiger partial charge in [-0.2, -0.15) is 0 Å². The first-order valence-corrected chi connectivity index (χ1v) is 8.73. The largest absolute Gasteiger partial charge is 0.483 e. The van der Waals surface area contributed by atoms with Crippen molar-refractivity contribution >= 4 is 23.4 Å². The van der Waals surface area contributed by atoms with Crippen molar-refractivity contribution < 1.29 is 23.5 Å². The van der Waals surface area contributed by atoms with Crippen molar-refractivity contribution in [3.8, 4) is 5.75 Å². The van der Waals surface area contributed by atoms with Crippen molar-refractivity contribution in [2.45, 2.75) is 12.5 Å². The van der Waals surface area contributed by atoms with Gasteiger partial charge in [-0.15, -0.1) is 0 Å². The maximum Gasteiger partial charge on any atom is 0.258 e. The molecular formula is C20H20FN3O4. The van der Waals surface area contributed by atoms with Crippen LogP contribution in [-0.2, 0) is 9.59 Å². The molecule has 1 atom stereocenters. The smallest absolute Gasteiger partial charge is 0.258 e. The number of nitrogens with two attached hydrogens (primary N) is 1. The van der Waals surface area contributed by atoms with Crippen molar-refractivity contribution in [2.75, 3.05) is 25.1 Å². The lowest BCUT2D eigenvalue weighted by atomic mass is 10.1. The average Bonchev–Trinajstić information content (AvgIpc) is 3.07. The van der Waals surface area contributed by atoms with E-state index in [1.165, 1.54) is 29.0 Å². The number of primary amides is 1. The number of rotatable bonds is 6. The monoisotopic (exact) mass is 385 g/mol. The molecule has 1 saturated heterocycles. The minimum absolute atomic E-state index is 0.195. The number of amides is 3. The van der Waals surface area contributed by atoms with E-state index >= 15 is 0 Å². The predicted octanol–water partition coefficient (Wildman–Crippen LogP) is 1.57. The van der Waals surface area contributed by atoms with Gasteiger partial charge in [0, 0.05) is 13.6 Å². The van der Waals surface area contributed by atoms with Gasteiger partial charge >= 0.3 is 0 Å². The third-order valence-electron chi connectivity index (χ3n) is 4.60. The third kappa shape index (κ3) is 3.80. The van der Waals surface area contributed by atoms with E-state index in [0.29, 0.717) is 13.0 Å². The summed E-state index contributed by atoms with van der Waals surface area (Å²) in [6.07, 6.45) is 0.375. The number of ether oxygens (including phenoxy) is 1. The van der Waals surface area contributed by atoms with Crippen molar-refractivity contribution in [2.24, 2.45) is 5.73 Å². The lowest BCUT2D eigenvalue weighted by molar-refractivity contribution is -0.121. The fraction of sp³-hybridized carbons (Fsp3) is 0.250. The molecule has 8 heteroatoms. The molecular weight excluding hydrogens is 365 g/mol. The molecule has 1 aliphatic rings. The summed E-state index contributed by atoms with van der Waals surface area (Å²) in [5, 5.41) is 0. The molecule has 3 amide bonds. The summed E-state index contributed by atoms with van der Waals surface area (Å²) < 4.78 is 19.3. The molecule has 1 unspecified atom stereocenters. The predicted molar refractivity (Wildman–Crippen MR) is 100 cm³/mol. The molecule has 0 aliphatic carbocycles. The number of para-hydroxylation sites is 2. The highest BCUT2D eigenvalue weighted by molar-refractivity contribution is 6.04. The molecule has 0 aromatic heterocycles. The summed E-state index contributed by atoms with van der Waals surface area (Å²) in [5.41, 5.74) is 5.49. The van der Waals surface area contributed by atoms with Crippen molar-refractivity contribution in [3.05, 3.63) is 59.9 Å². The Morgan fingerprint density at radius 1 is 1.21 bits per heavy atom. The number of carbonyl (C=O) groups excluding carboxylic acids is 3. The molecule has 2 aromatic rings. The number of likely N-dealkylation sites (N-methyl/N-ethyl adjacent to an activating group) is 1. The second-order valence-corrected chi connectivity index (χ2v) is 6.41. The van der Waals surface area contributed by atoms with Crippen LogP contribution in [0.3, 0.4) is 0 Å². The quantitative estimate of drug-likeness (QED) is 0.817. The van der Waals surface area contributed by atoms with Crippen LogP contribution < -0.4 is 15.4 Å². The SMILES string of the molecule is CN(C(=O)c1ccccc1OCC(N)=O)C1CCN(c2ccccc2F)C1=O. The van der Waals surface area contributed by atoms with Gasteiger partial charge < -0.3 is 20.3 Å². The fourth-order valence-corrected chi connectivity index (χ4v) is 3.18. The molecule has 146 valence electrons. The number of halogens is 1. The van der Waals surface area contributed by atoms with Gasteiger partial charge in [-0.3, -0.25) is 14.4 Å². The summed E-state index contributed by atoms with van der Waals surface area (Å²) in [4.78, 5) is 39.4. The van der Waals surface area contributed by atoms with E-state index in [-0.39, 0.29) is 29.5 Å². The molecule has 0 bridgehead atoms. The van der Waals surface area contributed by atoms with Crippen LogP contribution in [0.4, 0.5) is 10.1 Å². The Labute approximate surface area is 161 Å². The van der Waals surface area contributed by atoms with Crippen LogP contribution in [0.15, 0.2) is 48.5 Å². The van der Waals surface area contributed by atoms with Crippen molar-refractivity contribution in [1.29, 1.82) is 0 Å². The van der Waals surface area contributed by atoms with Gasteiger partial charge in [0.1, 0.15) is 17.6 Å². The Bertz CT molecular complexity index is 918. The van der Waals surface area contributed by atoms with Gasteiger partial charge in [0.05, 0.1) is 11.3 Å². The van der Waals surface area contributed by atoms with E-state index < -0.39 is 23.7 Å². The van der Waals surface area contributed by atoms with E-state index in [4.69, 9.17) is 10.5 Å². The fourth-order valence-electron chi connectivity index (χ4n) is 3.18. The number of anilines is 1. The van der Waals surface area contributed by atoms with E-state index in [9.17, 15) is 18.8 Å². The van der Waals surface area contributed by atoms with E-state index in [2.05, 4.69) is 0 Å². The number of nitrogens with zero attached hydrogens (tertiary/aromatic N) is 2. The summed E-state index contributed by atoms with van der Waals surface area (Å²) in [5.74, 6) is -1.74. The first-order valence-electron chi connectivity index (χ1n) is 8.73. The Morgan fingerprint density at radius 2 is 1.89 bits per heavy atom. The van der Waals surface area contributed by atoms with Gasteiger partial charge in [-0.05, 0) is 30.7 Å². The highest BCUT2D eigenvalue weighted by Gasteiger charge is 2.38. The minimum Gasteiger partial charge on any atom is -0.483 e. The van der Waals surface area contributed by atoms with Gasteiger partial charge in [0.25, 0.3) is 11.8 Å². The second-order valence-electron chi connectivity index (χ2n) is 6.41. The van der Waals surface area contributed by atoms with Crippen LogP contribution >= 0.6 is 0 Å². The van der Waals surface area contributed by atoms with Crippen molar-refractivity contribution in [1.82, 2.24) is 4.90 Å². The molecule has 3 rings (SSSR count). The average molecular weight is 385 g/mol. The topological polar surface area (TPSA) is 92.9 Å². The highest BCUT2D eigenvalue weighted by Crippen LogP contribution is 2.28. The summed E-state index contributed by atoms with van der Waals surface area (Å²) in [6.45, 7) is -0.0562. The third-order valence-corrected chi connectivity index (χ3v) is 4.60. The van der Waals surface area contributed by atoms with Crippen LogP contribution in [0.1, 0.15) is 16.8 Å². The zero-order valence-corrected chi connectivity index (χ0v) is 15.3. The molecule has 1 aliphatic heterocycles. The van der Waals surface area contributed by atoms with Crippen LogP contribution in [0.25, 0.3) is 0 Å². The van der Waals surface area contributed by atoms with E-state index in [1.807, 2.05) is 0 Å². The normalized spacial score (nSPS) is 16.1. The summed E-state index contributed by atoms with van der Waals surface area (Å²) in [7, 11) is 1.51. The van der Waals surface area contributed by atoms with Gasteiger partial charge in [0.15, 0.2) is 6.61 Å². The molecule has 7 nitrogen and oxygen atoms in total. The molecule has 0 radical (unpaired) electrons. The zero-order chi connectivity index (χ0) is 20.3. The molecule has 28 heavy (non-hydrogen) atoms. The van der Waals surface area contributed by atoms with Crippen LogP contribution in [0, 0.1) is 5.82 Å².